The zero-order chi connectivity index (χ0) is 14.4. The Balaban J connectivity index is 2.55. The number of sulfone groups is 1. The quantitative estimate of drug-likeness (QED) is 0.810. The number of aromatic nitrogens is 2. The molecule has 0 radical (unpaired) electrons. The van der Waals surface area contributed by atoms with Gasteiger partial charge in [0.15, 0.2) is 9.84 Å². The molecule has 1 aromatic heterocycles. The number of rotatable bonds is 3. The molecule has 5 nitrogen and oxygen atoms in total. The van der Waals surface area contributed by atoms with Gasteiger partial charge in [0.2, 0.25) is 5.95 Å². The van der Waals surface area contributed by atoms with Crippen LogP contribution in [0.3, 0.4) is 0 Å². The van der Waals surface area contributed by atoms with Gasteiger partial charge in [-0.25, -0.2) is 13.4 Å². The molecule has 104 valence electrons. The van der Waals surface area contributed by atoms with Gasteiger partial charge in [-0.2, -0.15) is 0 Å². The summed E-state index contributed by atoms with van der Waals surface area (Å²) in [6.45, 7) is 3.68. The van der Waals surface area contributed by atoms with E-state index in [1.54, 1.807) is 18.4 Å². The number of fused-ring (bicyclic) bond motifs is 1. The van der Waals surface area contributed by atoms with Crippen molar-refractivity contribution in [3.8, 4) is 0 Å². The molecule has 1 aromatic carbocycles. The van der Waals surface area contributed by atoms with Gasteiger partial charge in [0.25, 0.3) is 0 Å². The molecule has 1 heterocycles. The molecule has 0 aliphatic rings. The van der Waals surface area contributed by atoms with Crippen molar-refractivity contribution in [1.82, 2.24) is 9.55 Å². The monoisotopic (exact) mass is 393 g/mol. The fraction of sp³-hybridized carbons (Fsp3) is 0.417. The minimum Gasteiger partial charge on any atom is -0.369 e. The summed E-state index contributed by atoms with van der Waals surface area (Å²) < 4.78 is 25.5. The largest absolute Gasteiger partial charge is 0.369 e. The maximum Gasteiger partial charge on any atom is 0.201 e. The van der Waals surface area contributed by atoms with E-state index >= 15 is 0 Å². The fourth-order valence-corrected chi connectivity index (χ4v) is 2.62. The van der Waals surface area contributed by atoms with Crippen LogP contribution in [0, 0.1) is 3.57 Å². The summed E-state index contributed by atoms with van der Waals surface area (Å²) in [5.74, 6) is 0.341. The molecule has 2 N–H and O–H groups in total. The number of hydrogen-bond acceptors (Lipinski definition) is 4. The topological polar surface area (TPSA) is 78.0 Å². The second-order valence-electron chi connectivity index (χ2n) is 5.22. The SMILES string of the molecule is CC(C)(Cn1c(N)nc2cc(I)ccc21)S(C)(=O)=O. The smallest absolute Gasteiger partial charge is 0.201 e. The second kappa shape index (κ2) is 4.62. The third-order valence-electron chi connectivity index (χ3n) is 3.28. The highest BCUT2D eigenvalue weighted by Crippen LogP contribution is 2.25. The Labute approximate surface area is 126 Å². The van der Waals surface area contributed by atoms with Crippen molar-refractivity contribution in [2.75, 3.05) is 12.0 Å². The van der Waals surface area contributed by atoms with E-state index in [1.807, 2.05) is 18.2 Å². The Kier molecular flexibility index (Phi) is 3.54. The molecule has 2 rings (SSSR count). The van der Waals surface area contributed by atoms with Crippen molar-refractivity contribution < 1.29 is 8.42 Å². The van der Waals surface area contributed by atoms with E-state index in [0.29, 0.717) is 5.95 Å². The number of anilines is 1. The zero-order valence-corrected chi connectivity index (χ0v) is 14.0. The summed E-state index contributed by atoms with van der Waals surface area (Å²) in [6.07, 6.45) is 1.24. The number of imidazole rings is 1. The lowest BCUT2D eigenvalue weighted by molar-refractivity contribution is 0.511. The molecule has 0 aliphatic heterocycles. The molecular weight excluding hydrogens is 377 g/mol. The first-order chi connectivity index (χ1) is 8.62. The fourth-order valence-electron chi connectivity index (χ4n) is 1.79. The van der Waals surface area contributed by atoms with Gasteiger partial charge in [-0.3, -0.25) is 0 Å². The van der Waals surface area contributed by atoms with Crippen molar-refractivity contribution in [3.63, 3.8) is 0 Å². The Morgan fingerprint density at radius 3 is 2.63 bits per heavy atom. The molecule has 0 spiro atoms. The Morgan fingerprint density at radius 2 is 2.05 bits per heavy atom. The van der Waals surface area contributed by atoms with Gasteiger partial charge in [0.1, 0.15) is 0 Å². The van der Waals surface area contributed by atoms with Gasteiger partial charge in [0.05, 0.1) is 15.8 Å². The van der Waals surface area contributed by atoms with E-state index in [2.05, 4.69) is 27.6 Å². The molecule has 0 atom stereocenters. The minimum absolute atomic E-state index is 0.286. The third kappa shape index (κ3) is 2.71. The van der Waals surface area contributed by atoms with E-state index in [1.165, 1.54) is 6.26 Å². The first-order valence-electron chi connectivity index (χ1n) is 5.73. The van der Waals surface area contributed by atoms with Crippen LogP contribution in [0.5, 0.6) is 0 Å². The van der Waals surface area contributed by atoms with Crippen molar-refractivity contribution >= 4 is 49.4 Å². The van der Waals surface area contributed by atoms with Crippen molar-refractivity contribution in [1.29, 1.82) is 0 Å². The van der Waals surface area contributed by atoms with Gasteiger partial charge in [-0.05, 0) is 54.6 Å². The number of nitrogens with zero attached hydrogens (tertiary/aromatic N) is 2. The van der Waals surface area contributed by atoms with Gasteiger partial charge in [-0.1, -0.05) is 0 Å². The van der Waals surface area contributed by atoms with E-state index < -0.39 is 14.6 Å². The lowest BCUT2D eigenvalue weighted by Gasteiger charge is -2.23. The predicted octanol–water partition coefficient (Wildman–Crippen LogP) is 2.05. The van der Waals surface area contributed by atoms with Crippen LogP contribution in [0.4, 0.5) is 5.95 Å². The maximum absolute atomic E-state index is 11.8. The number of hydrogen-bond donors (Lipinski definition) is 1. The lowest BCUT2D eigenvalue weighted by Crippen LogP contribution is -2.36. The summed E-state index contributed by atoms with van der Waals surface area (Å²) in [7, 11) is -3.18. The van der Waals surface area contributed by atoms with Crippen LogP contribution in [-0.2, 0) is 16.4 Å². The number of halogens is 1. The Bertz CT molecular complexity index is 735. The summed E-state index contributed by atoms with van der Waals surface area (Å²) in [6, 6.07) is 5.79. The lowest BCUT2D eigenvalue weighted by atomic mass is 10.2. The number of nitrogen functional groups attached to an aromatic ring is 1. The van der Waals surface area contributed by atoms with Crippen molar-refractivity contribution in [3.05, 3.63) is 21.8 Å². The highest BCUT2D eigenvalue weighted by Gasteiger charge is 2.31. The molecule has 7 heteroatoms. The van der Waals surface area contributed by atoms with Crippen LogP contribution >= 0.6 is 22.6 Å². The second-order valence-corrected chi connectivity index (χ2v) is 9.12. The third-order valence-corrected chi connectivity index (χ3v) is 6.09. The molecule has 0 bridgehead atoms. The zero-order valence-electron chi connectivity index (χ0n) is 11.0. The van der Waals surface area contributed by atoms with Crippen LogP contribution in [0.15, 0.2) is 18.2 Å². The van der Waals surface area contributed by atoms with E-state index in [9.17, 15) is 8.42 Å². The number of benzene rings is 1. The Hall–Kier alpha value is -0.830. The van der Waals surface area contributed by atoms with Crippen LogP contribution in [-0.4, -0.2) is 29.0 Å². The average molecular weight is 393 g/mol. The van der Waals surface area contributed by atoms with Crippen LogP contribution in [0.2, 0.25) is 0 Å². The highest BCUT2D eigenvalue weighted by atomic mass is 127. The number of nitrogens with two attached hydrogens (primary N) is 1. The van der Waals surface area contributed by atoms with Gasteiger partial charge < -0.3 is 10.3 Å². The van der Waals surface area contributed by atoms with Crippen molar-refractivity contribution in [2.24, 2.45) is 0 Å². The average Bonchev–Trinajstić information content (AvgIpc) is 2.52. The molecule has 0 saturated carbocycles. The van der Waals surface area contributed by atoms with Crippen molar-refractivity contribution in [2.45, 2.75) is 25.1 Å². The summed E-state index contributed by atoms with van der Waals surface area (Å²) in [5, 5.41) is 0. The van der Waals surface area contributed by atoms with Gasteiger partial charge >= 0.3 is 0 Å². The maximum atomic E-state index is 11.8. The molecule has 0 aliphatic carbocycles. The summed E-state index contributed by atoms with van der Waals surface area (Å²) in [5.41, 5.74) is 7.55. The van der Waals surface area contributed by atoms with Crippen LogP contribution in [0.25, 0.3) is 11.0 Å². The van der Waals surface area contributed by atoms with E-state index in [4.69, 9.17) is 5.73 Å². The molecule has 2 aromatic rings. The Morgan fingerprint density at radius 1 is 1.42 bits per heavy atom. The molecule has 0 saturated heterocycles. The standard InChI is InChI=1S/C12H16IN3O2S/c1-12(2,19(3,17)18)7-16-10-5-4-8(13)6-9(10)15-11(16)14/h4-6H,7H2,1-3H3,(H2,14,15). The summed E-state index contributed by atoms with van der Waals surface area (Å²) >= 11 is 2.20. The van der Waals surface area contributed by atoms with E-state index in [0.717, 1.165) is 14.6 Å². The minimum atomic E-state index is -3.18. The van der Waals surface area contributed by atoms with Gasteiger partial charge in [-0.15, -0.1) is 0 Å². The first-order valence-corrected chi connectivity index (χ1v) is 8.70. The molecule has 19 heavy (non-hydrogen) atoms. The van der Waals surface area contributed by atoms with Crippen LogP contribution < -0.4 is 5.73 Å². The predicted molar refractivity (Wildman–Crippen MR) is 85.8 cm³/mol. The molecular formula is C12H16IN3O2S. The van der Waals surface area contributed by atoms with Crippen LogP contribution in [0.1, 0.15) is 13.8 Å². The van der Waals surface area contributed by atoms with E-state index in [-0.39, 0.29) is 6.54 Å². The molecule has 0 amide bonds. The highest BCUT2D eigenvalue weighted by molar-refractivity contribution is 14.1. The van der Waals surface area contributed by atoms with Gasteiger partial charge in [0, 0.05) is 16.4 Å². The normalized spacial score (nSPS) is 13.1. The molecule has 0 fully saturated rings. The molecule has 0 unspecified atom stereocenters. The first kappa shape index (κ1) is 14.6. The summed E-state index contributed by atoms with van der Waals surface area (Å²) in [4.78, 5) is 4.28.